The van der Waals surface area contributed by atoms with E-state index in [1.165, 1.54) is 6.33 Å². The second kappa shape index (κ2) is 8.70. The van der Waals surface area contributed by atoms with Crippen LogP contribution in [-0.2, 0) is 6.54 Å². The van der Waals surface area contributed by atoms with Crippen molar-refractivity contribution in [3.8, 4) is 0 Å². The van der Waals surface area contributed by atoms with Crippen LogP contribution in [0, 0.1) is 0 Å². The van der Waals surface area contributed by atoms with Gasteiger partial charge < -0.3 is 16.0 Å². The molecule has 4 rings (SSSR count). The summed E-state index contributed by atoms with van der Waals surface area (Å²) in [6.45, 7) is 0.577. The molecule has 0 saturated heterocycles. The van der Waals surface area contributed by atoms with Crippen LogP contribution in [0.5, 0.6) is 0 Å². The lowest BCUT2D eigenvalue weighted by molar-refractivity contribution is 0.918. The fourth-order valence-corrected chi connectivity index (χ4v) is 3.32. The van der Waals surface area contributed by atoms with Crippen LogP contribution >= 0.6 is 15.9 Å². The highest BCUT2D eigenvalue weighted by Gasteiger charge is 2.19. The number of para-hydroxylation sites is 1. The van der Waals surface area contributed by atoms with Crippen molar-refractivity contribution in [2.45, 2.75) is 6.54 Å². The molecule has 7 heteroatoms. The van der Waals surface area contributed by atoms with E-state index in [1.54, 1.807) is 6.20 Å². The number of hydrogen-bond donors (Lipinski definition) is 2. The molecule has 0 aliphatic rings. The van der Waals surface area contributed by atoms with Gasteiger partial charge in [0.25, 0.3) is 0 Å². The van der Waals surface area contributed by atoms with Crippen molar-refractivity contribution in [2.24, 2.45) is 0 Å². The summed E-state index contributed by atoms with van der Waals surface area (Å²) in [7, 11) is 0. The molecule has 0 fully saturated rings. The number of pyridine rings is 1. The number of halogens is 1. The lowest BCUT2D eigenvalue weighted by Crippen LogP contribution is -2.21. The summed E-state index contributed by atoms with van der Waals surface area (Å²) in [6.07, 6.45) is 3.26. The van der Waals surface area contributed by atoms with Gasteiger partial charge in [-0.2, -0.15) is 0 Å². The number of benzene rings is 2. The molecular formula is C22H19BrN6. The third kappa shape index (κ3) is 4.35. The molecule has 0 aliphatic heterocycles. The average Bonchev–Trinajstić information content (AvgIpc) is 2.77. The third-order valence-electron chi connectivity index (χ3n) is 4.35. The van der Waals surface area contributed by atoms with E-state index < -0.39 is 0 Å². The van der Waals surface area contributed by atoms with Crippen LogP contribution in [0.4, 0.5) is 28.8 Å². The number of nitrogens with one attached hydrogen (secondary N) is 1. The van der Waals surface area contributed by atoms with E-state index in [-0.39, 0.29) is 0 Å². The zero-order valence-electron chi connectivity index (χ0n) is 15.5. The van der Waals surface area contributed by atoms with Crippen LogP contribution in [0.15, 0.2) is 89.8 Å². The highest BCUT2D eigenvalue weighted by atomic mass is 79.9. The minimum absolute atomic E-state index is 0.449. The minimum atomic E-state index is 0.449. The molecule has 2 aromatic heterocycles. The fourth-order valence-electron chi connectivity index (χ4n) is 2.93. The SMILES string of the molecule is Nc1c(Nc2ccccc2Br)ncnc1N(Cc1ccccc1)c1ccccn1. The summed E-state index contributed by atoms with van der Waals surface area (Å²) in [5, 5.41) is 3.28. The van der Waals surface area contributed by atoms with Crippen LogP contribution in [-0.4, -0.2) is 15.0 Å². The summed E-state index contributed by atoms with van der Waals surface area (Å²) in [4.78, 5) is 15.3. The highest BCUT2D eigenvalue weighted by Crippen LogP contribution is 2.34. The van der Waals surface area contributed by atoms with E-state index >= 15 is 0 Å². The molecule has 2 aromatic carbocycles. The molecule has 0 saturated carbocycles. The highest BCUT2D eigenvalue weighted by molar-refractivity contribution is 9.10. The zero-order chi connectivity index (χ0) is 20.1. The van der Waals surface area contributed by atoms with Gasteiger partial charge in [0.1, 0.15) is 17.8 Å². The number of rotatable bonds is 6. The van der Waals surface area contributed by atoms with Crippen molar-refractivity contribution in [1.82, 2.24) is 15.0 Å². The maximum Gasteiger partial charge on any atom is 0.163 e. The number of aromatic nitrogens is 3. The topological polar surface area (TPSA) is 80.0 Å². The van der Waals surface area contributed by atoms with Crippen molar-refractivity contribution < 1.29 is 0 Å². The van der Waals surface area contributed by atoms with Crippen LogP contribution in [0.25, 0.3) is 0 Å². The summed E-state index contributed by atoms with van der Waals surface area (Å²) in [6, 6.07) is 23.7. The Labute approximate surface area is 177 Å². The summed E-state index contributed by atoms with van der Waals surface area (Å²) < 4.78 is 0.922. The number of nitrogens with zero attached hydrogens (tertiary/aromatic N) is 4. The Hall–Kier alpha value is -3.45. The second-order valence-corrected chi connectivity index (χ2v) is 7.18. The van der Waals surface area contributed by atoms with Crippen molar-refractivity contribution in [2.75, 3.05) is 16.0 Å². The first kappa shape index (κ1) is 18.9. The summed E-state index contributed by atoms with van der Waals surface area (Å²) in [5.41, 5.74) is 8.94. The predicted molar refractivity (Wildman–Crippen MR) is 120 cm³/mol. The normalized spacial score (nSPS) is 10.5. The molecule has 29 heavy (non-hydrogen) atoms. The molecule has 3 N–H and O–H groups in total. The van der Waals surface area contributed by atoms with Gasteiger partial charge >= 0.3 is 0 Å². The number of nitrogens with two attached hydrogens (primary N) is 1. The Kier molecular flexibility index (Phi) is 5.67. The van der Waals surface area contributed by atoms with E-state index in [1.807, 2.05) is 65.6 Å². The lowest BCUT2D eigenvalue weighted by atomic mass is 10.2. The molecule has 4 aromatic rings. The average molecular weight is 447 g/mol. The third-order valence-corrected chi connectivity index (χ3v) is 5.05. The second-order valence-electron chi connectivity index (χ2n) is 6.32. The van der Waals surface area contributed by atoms with Crippen molar-refractivity contribution in [3.05, 3.63) is 95.4 Å². The van der Waals surface area contributed by atoms with Crippen LogP contribution in [0.3, 0.4) is 0 Å². The Morgan fingerprint density at radius 2 is 1.62 bits per heavy atom. The van der Waals surface area contributed by atoms with Crippen LogP contribution in [0.1, 0.15) is 5.56 Å². The molecule has 144 valence electrons. The van der Waals surface area contributed by atoms with E-state index in [0.717, 1.165) is 21.5 Å². The van der Waals surface area contributed by atoms with Crippen molar-refractivity contribution in [3.63, 3.8) is 0 Å². The molecule has 6 nitrogen and oxygen atoms in total. The first-order chi connectivity index (χ1) is 14.2. The molecule has 2 heterocycles. The van der Waals surface area contributed by atoms with Gasteiger partial charge in [0, 0.05) is 10.7 Å². The van der Waals surface area contributed by atoms with Crippen molar-refractivity contribution in [1.29, 1.82) is 0 Å². The van der Waals surface area contributed by atoms with Gasteiger partial charge in [0.05, 0.1) is 12.2 Å². The molecular weight excluding hydrogens is 428 g/mol. The largest absolute Gasteiger partial charge is 0.393 e. The monoisotopic (exact) mass is 446 g/mol. The summed E-state index contributed by atoms with van der Waals surface area (Å²) >= 11 is 3.54. The van der Waals surface area contributed by atoms with Crippen LogP contribution < -0.4 is 16.0 Å². The first-order valence-corrected chi connectivity index (χ1v) is 9.86. The molecule has 0 amide bonds. The van der Waals surface area contributed by atoms with Gasteiger partial charge in [0.2, 0.25) is 0 Å². The number of hydrogen-bond acceptors (Lipinski definition) is 6. The standard InChI is InChI=1S/C22H19BrN6/c23-17-10-4-5-11-18(17)28-21-20(24)22(27-15-26-21)29(19-12-6-7-13-25-19)14-16-8-2-1-3-9-16/h1-13,15H,14,24H2,(H,26,27,28). The molecule has 0 radical (unpaired) electrons. The maximum absolute atomic E-state index is 6.50. The Morgan fingerprint density at radius 1 is 0.862 bits per heavy atom. The van der Waals surface area contributed by atoms with Gasteiger partial charge in [0.15, 0.2) is 11.6 Å². The quantitative estimate of drug-likeness (QED) is 0.418. The number of nitrogen functional groups attached to an aromatic ring is 1. The Morgan fingerprint density at radius 3 is 2.38 bits per heavy atom. The van der Waals surface area contributed by atoms with E-state index in [2.05, 4.69) is 48.3 Å². The van der Waals surface area contributed by atoms with E-state index in [4.69, 9.17) is 5.73 Å². The van der Waals surface area contributed by atoms with Crippen molar-refractivity contribution >= 4 is 44.8 Å². The maximum atomic E-state index is 6.50. The lowest BCUT2D eigenvalue weighted by Gasteiger charge is -2.25. The molecule has 0 unspecified atom stereocenters. The van der Waals surface area contributed by atoms with Gasteiger partial charge in [-0.1, -0.05) is 48.5 Å². The molecule has 0 spiro atoms. The predicted octanol–water partition coefficient (Wildman–Crippen LogP) is 5.30. The van der Waals surface area contributed by atoms with Gasteiger partial charge in [-0.3, -0.25) is 0 Å². The first-order valence-electron chi connectivity index (χ1n) is 9.07. The fraction of sp³-hybridized carbons (Fsp3) is 0.0455. The smallest absolute Gasteiger partial charge is 0.163 e. The minimum Gasteiger partial charge on any atom is -0.393 e. The van der Waals surface area contributed by atoms with Crippen LogP contribution in [0.2, 0.25) is 0 Å². The molecule has 0 atom stereocenters. The van der Waals surface area contributed by atoms with Gasteiger partial charge in [-0.05, 0) is 45.8 Å². The van der Waals surface area contributed by atoms with Gasteiger partial charge in [-0.25, -0.2) is 15.0 Å². The summed E-state index contributed by atoms with van der Waals surface area (Å²) in [5.74, 6) is 1.89. The molecule has 0 bridgehead atoms. The molecule has 0 aliphatic carbocycles. The Balaban J connectivity index is 1.74. The van der Waals surface area contributed by atoms with Gasteiger partial charge in [-0.15, -0.1) is 0 Å². The zero-order valence-corrected chi connectivity index (χ0v) is 17.1. The number of anilines is 5. The van der Waals surface area contributed by atoms with E-state index in [9.17, 15) is 0 Å². The van der Waals surface area contributed by atoms with E-state index in [0.29, 0.717) is 23.9 Å². The Bertz CT molecular complexity index is 1090.